The van der Waals surface area contributed by atoms with Crippen LogP contribution < -0.4 is 10.6 Å². The molecule has 6 heteroatoms. The summed E-state index contributed by atoms with van der Waals surface area (Å²) in [5.74, 6) is -0.391. The fourth-order valence-electron chi connectivity index (χ4n) is 1.77. The number of hydrogen-bond acceptors (Lipinski definition) is 3. The van der Waals surface area contributed by atoms with Crippen molar-refractivity contribution in [1.82, 2.24) is 0 Å². The van der Waals surface area contributed by atoms with Crippen molar-refractivity contribution in [2.45, 2.75) is 20.8 Å². The lowest BCUT2D eigenvalue weighted by Crippen LogP contribution is -2.11. The van der Waals surface area contributed by atoms with Gasteiger partial charge < -0.3 is 10.6 Å². The number of amides is 2. The highest BCUT2D eigenvalue weighted by Crippen LogP contribution is 2.27. The number of anilines is 2. The number of carbonyl (C=O) groups excluding carboxylic acids is 2. The van der Waals surface area contributed by atoms with Gasteiger partial charge in [-0.15, -0.1) is 11.3 Å². The number of rotatable bonds is 3. The van der Waals surface area contributed by atoms with Crippen LogP contribution in [0.4, 0.5) is 11.4 Å². The van der Waals surface area contributed by atoms with Gasteiger partial charge >= 0.3 is 0 Å². The summed E-state index contributed by atoms with van der Waals surface area (Å²) < 4.78 is 0. The Hall–Kier alpha value is -1.85. The first kappa shape index (κ1) is 15.5. The second kappa shape index (κ2) is 6.28. The van der Waals surface area contributed by atoms with Crippen LogP contribution in [0.5, 0.6) is 0 Å². The van der Waals surface area contributed by atoms with Crippen LogP contribution in [0.25, 0.3) is 0 Å². The Morgan fingerprint density at radius 3 is 2.43 bits per heavy atom. The highest BCUT2D eigenvalue weighted by atomic mass is 35.5. The fraction of sp³-hybridized carbons (Fsp3) is 0.200. The minimum atomic E-state index is -0.218. The highest BCUT2D eigenvalue weighted by molar-refractivity contribution is 7.14. The van der Waals surface area contributed by atoms with E-state index in [1.807, 2.05) is 19.9 Å². The van der Waals surface area contributed by atoms with E-state index in [9.17, 15) is 9.59 Å². The lowest BCUT2D eigenvalue weighted by molar-refractivity contribution is -0.114. The number of benzene rings is 1. The summed E-state index contributed by atoms with van der Waals surface area (Å²) in [5.41, 5.74) is 2.15. The molecule has 0 aliphatic rings. The van der Waals surface area contributed by atoms with Gasteiger partial charge in [-0.3, -0.25) is 9.59 Å². The summed E-state index contributed by atoms with van der Waals surface area (Å²) in [4.78, 5) is 25.1. The third-order valence-corrected chi connectivity index (χ3v) is 4.41. The van der Waals surface area contributed by atoms with Gasteiger partial charge in [0.2, 0.25) is 5.91 Å². The summed E-state index contributed by atoms with van der Waals surface area (Å²) in [5, 5.41) is 5.84. The van der Waals surface area contributed by atoms with E-state index in [-0.39, 0.29) is 11.8 Å². The average Bonchev–Trinajstić information content (AvgIpc) is 2.73. The smallest absolute Gasteiger partial charge is 0.265 e. The summed E-state index contributed by atoms with van der Waals surface area (Å²) >= 11 is 7.44. The summed E-state index contributed by atoms with van der Waals surface area (Å²) in [6.07, 6.45) is 0. The van der Waals surface area contributed by atoms with Crippen molar-refractivity contribution in [3.63, 3.8) is 0 Å². The number of thiophene rings is 1. The van der Waals surface area contributed by atoms with Crippen LogP contribution in [0.2, 0.25) is 5.02 Å². The van der Waals surface area contributed by atoms with Crippen LogP contribution in [0.1, 0.15) is 27.0 Å². The van der Waals surface area contributed by atoms with Crippen molar-refractivity contribution in [2.75, 3.05) is 10.6 Å². The Balaban J connectivity index is 2.19. The molecule has 4 nitrogen and oxygen atoms in total. The predicted octanol–water partition coefficient (Wildman–Crippen LogP) is 4.23. The molecule has 0 bridgehead atoms. The lowest BCUT2D eigenvalue weighted by Gasteiger charge is -2.09. The van der Waals surface area contributed by atoms with E-state index in [0.717, 1.165) is 10.4 Å². The largest absolute Gasteiger partial charge is 0.325 e. The van der Waals surface area contributed by atoms with E-state index < -0.39 is 0 Å². The number of halogens is 1. The molecule has 2 N–H and O–H groups in total. The van der Waals surface area contributed by atoms with Gasteiger partial charge in [-0.1, -0.05) is 11.6 Å². The molecule has 1 heterocycles. The predicted molar refractivity (Wildman–Crippen MR) is 87.5 cm³/mol. The zero-order valence-corrected chi connectivity index (χ0v) is 13.5. The molecule has 0 spiro atoms. The molecular formula is C15H15ClN2O2S. The third kappa shape index (κ3) is 3.83. The molecule has 0 saturated heterocycles. The molecule has 1 aromatic heterocycles. The van der Waals surface area contributed by atoms with Crippen LogP contribution in [-0.4, -0.2) is 11.8 Å². The van der Waals surface area contributed by atoms with Crippen LogP contribution in [0.3, 0.4) is 0 Å². The Labute approximate surface area is 132 Å². The first-order chi connectivity index (χ1) is 9.86. The standard InChI is InChI=1S/C15H15ClN2O2S/c1-8-6-14(21-9(8)2)15(20)18-11-4-5-12(16)13(7-11)17-10(3)19/h4-7H,1-3H3,(H,17,19)(H,18,20). The quantitative estimate of drug-likeness (QED) is 0.888. The van der Waals surface area contributed by atoms with Gasteiger partial charge in [0.15, 0.2) is 0 Å². The van der Waals surface area contributed by atoms with Gasteiger partial charge in [-0.25, -0.2) is 0 Å². The molecule has 0 radical (unpaired) electrons. The van der Waals surface area contributed by atoms with E-state index in [1.54, 1.807) is 18.2 Å². The molecule has 2 amide bonds. The zero-order valence-electron chi connectivity index (χ0n) is 11.9. The normalized spacial score (nSPS) is 10.3. The molecular weight excluding hydrogens is 308 g/mol. The molecule has 2 rings (SSSR count). The Kier molecular flexibility index (Phi) is 4.65. The maximum Gasteiger partial charge on any atom is 0.265 e. The average molecular weight is 323 g/mol. The molecule has 21 heavy (non-hydrogen) atoms. The molecule has 0 atom stereocenters. The summed E-state index contributed by atoms with van der Waals surface area (Å²) in [7, 11) is 0. The summed E-state index contributed by atoms with van der Waals surface area (Å²) in [6.45, 7) is 5.35. The molecule has 2 aromatic rings. The maximum atomic E-state index is 12.2. The number of hydrogen-bond donors (Lipinski definition) is 2. The minimum Gasteiger partial charge on any atom is -0.325 e. The fourth-order valence-corrected chi connectivity index (χ4v) is 2.86. The molecule has 0 fully saturated rings. The first-order valence-electron chi connectivity index (χ1n) is 6.32. The molecule has 0 aliphatic heterocycles. The molecule has 0 unspecified atom stereocenters. The van der Waals surface area contributed by atoms with Gasteiger partial charge in [-0.2, -0.15) is 0 Å². The van der Waals surface area contributed by atoms with E-state index >= 15 is 0 Å². The SMILES string of the molecule is CC(=O)Nc1cc(NC(=O)c2cc(C)c(C)s2)ccc1Cl. The minimum absolute atomic E-state index is 0.174. The Morgan fingerprint density at radius 1 is 1.14 bits per heavy atom. The Morgan fingerprint density at radius 2 is 1.86 bits per heavy atom. The van der Waals surface area contributed by atoms with E-state index in [4.69, 9.17) is 11.6 Å². The van der Waals surface area contributed by atoms with Crippen LogP contribution in [0, 0.1) is 13.8 Å². The van der Waals surface area contributed by atoms with Gasteiger partial charge in [0.05, 0.1) is 15.6 Å². The van der Waals surface area contributed by atoms with Crippen molar-refractivity contribution in [2.24, 2.45) is 0 Å². The summed E-state index contributed by atoms with van der Waals surface area (Å²) in [6, 6.07) is 6.82. The van der Waals surface area contributed by atoms with Crippen molar-refractivity contribution < 1.29 is 9.59 Å². The van der Waals surface area contributed by atoms with Crippen molar-refractivity contribution in [3.05, 3.63) is 44.6 Å². The second-order valence-electron chi connectivity index (χ2n) is 4.68. The van der Waals surface area contributed by atoms with Crippen LogP contribution in [0.15, 0.2) is 24.3 Å². The topological polar surface area (TPSA) is 58.2 Å². The third-order valence-electron chi connectivity index (χ3n) is 2.92. The molecule has 0 aliphatic carbocycles. The monoisotopic (exact) mass is 322 g/mol. The zero-order chi connectivity index (χ0) is 15.6. The highest BCUT2D eigenvalue weighted by Gasteiger charge is 2.12. The Bertz CT molecular complexity index is 690. The number of nitrogens with one attached hydrogen (secondary N) is 2. The van der Waals surface area contributed by atoms with Crippen LogP contribution in [-0.2, 0) is 4.79 Å². The lowest BCUT2D eigenvalue weighted by atomic mass is 10.2. The van der Waals surface area contributed by atoms with Crippen molar-refractivity contribution >= 4 is 46.1 Å². The van der Waals surface area contributed by atoms with Crippen LogP contribution >= 0.6 is 22.9 Å². The van der Waals surface area contributed by atoms with Gasteiger partial charge in [-0.05, 0) is 43.7 Å². The molecule has 0 saturated carbocycles. The van der Waals surface area contributed by atoms with Crippen molar-refractivity contribution in [3.8, 4) is 0 Å². The van der Waals surface area contributed by atoms with Gasteiger partial charge in [0.1, 0.15) is 0 Å². The first-order valence-corrected chi connectivity index (χ1v) is 7.52. The number of carbonyl (C=O) groups is 2. The molecule has 110 valence electrons. The van der Waals surface area contributed by atoms with Crippen molar-refractivity contribution in [1.29, 1.82) is 0 Å². The van der Waals surface area contributed by atoms with Gasteiger partial charge in [0.25, 0.3) is 5.91 Å². The van der Waals surface area contributed by atoms with Gasteiger partial charge in [0, 0.05) is 17.5 Å². The maximum absolute atomic E-state index is 12.2. The number of aryl methyl sites for hydroxylation is 2. The second-order valence-corrected chi connectivity index (χ2v) is 6.34. The molecule has 1 aromatic carbocycles. The van der Waals surface area contributed by atoms with E-state index in [0.29, 0.717) is 21.3 Å². The van der Waals surface area contributed by atoms with E-state index in [2.05, 4.69) is 10.6 Å². The van der Waals surface area contributed by atoms with E-state index in [1.165, 1.54) is 18.3 Å².